The highest BCUT2D eigenvalue weighted by Crippen LogP contribution is 2.31. The zero-order valence-electron chi connectivity index (χ0n) is 11.3. The average molecular weight is 340 g/mol. The number of alkyl halides is 1. The van der Waals surface area contributed by atoms with E-state index in [0.717, 1.165) is 27.1 Å². The molecule has 0 unspecified atom stereocenters. The third-order valence-corrected chi connectivity index (χ3v) is 4.60. The van der Waals surface area contributed by atoms with Crippen molar-refractivity contribution in [1.29, 1.82) is 0 Å². The van der Waals surface area contributed by atoms with Crippen molar-refractivity contribution in [3.63, 3.8) is 0 Å². The summed E-state index contributed by atoms with van der Waals surface area (Å²) in [5.41, 5.74) is 4.50. The summed E-state index contributed by atoms with van der Waals surface area (Å²) in [6.45, 7) is 6.16. The number of hydrogen-bond acceptors (Lipinski definition) is 1. The van der Waals surface area contributed by atoms with Crippen LogP contribution in [0.3, 0.4) is 0 Å². The van der Waals surface area contributed by atoms with Gasteiger partial charge in [-0.05, 0) is 61.2 Å². The third kappa shape index (κ3) is 3.31. The van der Waals surface area contributed by atoms with E-state index in [0.29, 0.717) is 5.88 Å². The molecule has 0 amide bonds. The molecule has 0 saturated heterocycles. The highest BCUT2D eigenvalue weighted by atomic mass is 79.9. The summed E-state index contributed by atoms with van der Waals surface area (Å²) in [4.78, 5) is 0. The summed E-state index contributed by atoms with van der Waals surface area (Å²) in [6.07, 6.45) is 0. The summed E-state index contributed by atoms with van der Waals surface area (Å²) in [5, 5.41) is 0. The predicted molar refractivity (Wildman–Crippen MR) is 84.4 cm³/mol. The summed E-state index contributed by atoms with van der Waals surface area (Å²) >= 11 is 9.43. The van der Waals surface area contributed by atoms with Crippen LogP contribution in [0, 0.1) is 20.8 Å². The second kappa shape index (κ2) is 5.98. The van der Waals surface area contributed by atoms with Crippen LogP contribution >= 0.6 is 27.5 Å². The predicted octanol–water partition coefficient (Wildman–Crippen LogP) is 5.91. The molecule has 0 N–H and O–H groups in total. The van der Waals surface area contributed by atoms with Gasteiger partial charge in [0.2, 0.25) is 0 Å². The van der Waals surface area contributed by atoms with E-state index in [1.54, 1.807) is 0 Å². The molecular formula is C16H16BrClO. The van der Waals surface area contributed by atoms with Crippen molar-refractivity contribution in [3.05, 3.63) is 57.1 Å². The van der Waals surface area contributed by atoms with Gasteiger partial charge in [0.15, 0.2) is 0 Å². The number of halogens is 2. The van der Waals surface area contributed by atoms with E-state index in [2.05, 4.69) is 29.8 Å². The minimum Gasteiger partial charge on any atom is -0.457 e. The smallest absolute Gasteiger partial charge is 0.130 e. The molecule has 100 valence electrons. The first kappa shape index (κ1) is 14.4. The number of benzene rings is 2. The van der Waals surface area contributed by atoms with Crippen LogP contribution < -0.4 is 4.74 Å². The van der Waals surface area contributed by atoms with Crippen molar-refractivity contribution in [1.82, 2.24) is 0 Å². The fourth-order valence-electron chi connectivity index (χ4n) is 1.93. The summed E-state index contributed by atoms with van der Waals surface area (Å²) in [5.74, 6) is 2.21. The molecule has 0 bridgehead atoms. The van der Waals surface area contributed by atoms with Gasteiger partial charge in [-0.2, -0.15) is 0 Å². The van der Waals surface area contributed by atoms with E-state index < -0.39 is 0 Å². The Labute approximate surface area is 127 Å². The first-order chi connectivity index (χ1) is 9.01. The Bertz CT molecular complexity index is 585. The minimum atomic E-state index is 0.495. The Morgan fingerprint density at radius 3 is 2.21 bits per heavy atom. The largest absolute Gasteiger partial charge is 0.457 e. The molecule has 1 nitrogen and oxygen atoms in total. The maximum absolute atomic E-state index is 5.99. The van der Waals surface area contributed by atoms with Gasteiger partial charge in [0.05, 0.1) is 0 Å². The lowest BCUT2D eigenvalue weighted by atomic mass is 10.1. The molecule has 0 spiro atoms. The Hall–Kier alpha value is -0.990. The van der Waals surface area contributed by atoms with Gasteiger partial charge in [-0.1, -0.05) is 28.1 Å². The second-order valence-electron chi connectivity index (χ2n) is 4.71. The normalized spacial score (nSPS) is 10.6. The SMILES string of the molecule is Cc1ccc(CCl)cc1Oc1cc(C)c(Br)c(C)c1. The van der Waals surface area contributed by atoms with Gasteiger partial charge in [0, 0.05) is 10.4 Å². The van der Waals surface area contributed by atoms with Crippen molar-refractivity contribution in [2.45, 2.75) is 26.7 Å². The molecule has 0 aliphatic heterocycles. The molecule has 2 rings (SSSR count). The molecule has 0 radical (unpaired) electrons. The lowest BCUT2D eigenvalue weighted by Crippen LogP contribution is -1.92. The zero-order chi connectivity index (χ0) is 14.0. The molecule has 0 aromatic heterocycles. The van der Waals surface area contributed by atoms with Crippen molar-refractivity contribution in [2.75, 3.05) is 0 Å². The van der Waals surface area contributed by atoms with Crippen LogP contribution in [0.25, 0.3) is 0 Å². The molecule has 0 aliphatic rings. The molecule has 0 aliphatic carbocycles. The summed E-state index contributed by atoms with van der Waals surface area (Å²) < 4.78 is 7.12. The van der Waals surface area contributed by atoms with Gasteiger partial charge < -0.3 is 4.74 Å². The number of aryl methyl sites for hydroxylation is 3. The number of hydrogen-bond donors (Lipinski definition) is 0. The fraction of sp³-hybridized carbons (Fsp3) is 0.250. The van der Waals surface area contributed by atoms with E-state index in [-0.39, 0.29) is 0 Å². The molecule has 0 fully saturated rings. The number of ether oxygens (including phenoxy) is 1. The molecule has 0 heterocycles. The van der Waals surface area contributed by atoms with Gasteiger partial charge in [-0.15, -0.1) is 11.6 Å². The van der Waals surface area contributed by atoms with Crippen LogP contribution in [0.4, 0.5) is 0 Å². The van der Waals surface area contributed by atoms with E-state index in [1.165, 1.54) is 11.1 Å². The quantitative estimate of drug-likeness (QED) is 0.632. The summed E-state index contributed by atoms with van der Waals surface area (Å²) in [7, 11) is 0. The van der Waals surface area contributed by atoms with Crippen molar-refractivity contribution >= 4 is 27.5 Å². The third-order valence-electron chi connectivity index (χ3n) is 3.04. The van der Waals surface area contributed by atoms with E-state index in [9.17, 15) is 0 Å². The van der Waals surface area contributed by atoms with Crippen LogP contribution in [0.15, 0.2) is 34.8 Å². The maximum Gasteiger partial charge on any atom is 0.130 e. The first-order valence-electron chi connectivity index (χ1n) is 6.11. The van der Waals surface area contributed by atoms with Crippen LogP contribution in [-0.2, 0) is 5.88 Å². The highest BCUT2D eigenvalue weighted by molar-refractivity contribution is 9.10. The summed E-state index contributed by atoms with van der Waals surface area (Å²) in [6, 6.07) is 10.1. The molecule has 0 atom stereocenters. The molecule has 19 heavy (non-hydrogen) atoms. The molecular weight excluding hydrogens is 324 g/mol. The van der Waals surface area contributed by atoms with Gasteiger partial charge in [-0.3, -0.25) is 0 Å². The van der Waals surface area contributed by atoms with Gasteiger partial charge in [0.25, 0.3) is 0 Å². The lowest BCUT2D eigenvalue weighted by Gasteiger charge is -2.12. The Kier molecular flexibility index (Phi) is 4.54. The highest BCUT2D eigenvalue weighted by Gasteiger charge is 2.07. The fourth-order valence-corrected chi connectivity index (χ4v) is 2.32. The van der Waals surface area contributed by atoms with Gasteiger partial charge in [-0.25, -0.2) is 0 Å². The van der Waals surface area contributed by atoms with Crippen molar-refractivity contribution in [2.24, 2.45) is 0 Å². The monoisotopic (exact) mass is 338 g/mol. The standard InChI is InChI=1S/C16H16BrClO/c1-10-4-5-13(9-18)8-15(10)19-14-6-11(2)16(17)12(3)7-14/h4-8H,9H2,1-3H3. The maximum atomic E-state index is 5.99. The number of rotatable bonds is 3. The van der Waals surface area contributed by atoms with Crippen LogP contribution in [0.1, 0.15) is 22.3 Å². The van der Waals surface area contributed by atoms with Crippen molar-refractivity contribution < 1.29 is 4.74 Å². The van der Waals surface area contributed by atoms with Crippen LogP contribution in [0.5, 0.6) is 11.5 Å². The first-order valence-corrected chi connectivity index (χ1v) is 7.44. The van der Waals surface area contributed by atoms with E-state index in [4.69, 9.17) is 16.3 Å². The Morgan fingerprint density at radius 1 is 1.00 bits per heavy atom. The van der Waals surface area contributed by atoms with E-state index >= 15 is 0 Å². The Morgan fingerprint density at radius 2 is 1.63 bits per heavy atom. The van der Waals surface area contributed by atoms with E-state index in [1.807, 2.05) is 37.3 Å². The van der Waals surface area contributed by atoms with Gasteiger partial charge in [0.1, 0.15) is 11.5 Å². The lowest BCUT2D eigenvalue weighted by molar-refractivity contribution is 0.477. The Balaban J connectivity index is 2.36. The topological polar surface area (TPSA) is 9.23 Å². The molecule has 2 aromatic rings. The molecule has 2 aromatic carbocycles. The second-order valence-corrected chi connectivity index (χ2v) is 5.77. The minimum absolute atomic E-state index is 0.495. The molecule has 3 heteroatoms. The van der Waals surface area contributed by atoms with Crippen LogP contribution in [-0.4, -0.2) is 0 Å². The zero-order valence-corrected chi connectivity index (χ0v) is 13.6. The average Bonchev–Trinajstić information content (AvgIpc) is 2.38. The van der Waals surface area contributed by atoms with Gasteiger partial charge >= 0.3 is 0 Å². The molecule has 0 saturated carbocycles. The van der Waals surface area contributed by atoms with Crippen molar-refractivity contribution in [3.8, 4) is 11.5 Å². The van der Waals surface area contributed by atoms with Crippen LogP contribution in [0.2, 0.25) is 0 Å².